The zero-order valence-corrected chi connectivity index (χ0v) is 9.44. The molecule has 0 saturated heterocycles. The van der Waals surface area contributed by atoms with Gasteiger partial charge in [-0.1, -0.05) is 0 Å². The number of esters is 2. The summed E-state index contributed by atoms with van der Waals surface area (Å²) in [7, 11) is 1.32. The van der Waals surface area contributed by atoms with Crippen molar-refractivity contribution >= 4 is 22.8 Å². The number of fused-ring (bicyclic) bond motifs is 1. The first-order valence-corrected chi connectivity index (χ1v) is 4.99. The van der Waals surface area contributed by atoms with Gasteiger partial charge >= 0.3 is 11.9 Å². The van der Waals surface area contributed by atoms with Gasteiger partial charge in [0.25, 0.3) is 0 Å². The third-order valence-electron chi connectivity index (χ3n) is 2.26. The van der Waals surface area contributed by atoms with E-state index in [0.717, 1.165) is 10.9 Å². The molecule has 1 aromatic carbocycles. The first kappa shape index (κ1) is 11.2. The van der Waals surface area contributed by atoms with Gasteiger partial charge in [-0.05, 0) is 24.3 Å². The molecule has 0 radical (unpaired) electrons. The van der Waals surface area contributed by atoms with Crippen LogP contribution in [0.5, 0.6) is 5.75 Å². The number of benzene rings is 1. The third kappa shape index (κ3) is 2.28. The average molecular weight is 233 g/mol. The second kappa shape index (κ2) is 4.29. The Hall–Kier alpha value is -2.30. The van der Waals surface area contributed by atoms with E-state index in [4.69, 9.17) is 4.74 Å². The highest BCUT2D eigenvalue weighted by Gasteiger charge is 2.10. The highest BCUT2D eigenvalue weighted by atomic mass is 16.5. The fourth-order valence-electron chi connectivity index (χ4n) is 1.56. The second-order valence-corrected chi connectivity index (χ2v) is 3.52. The van der Waals surface area contributed by atoms with E-state index in [1.54, 1.807) is 24.3 Å². The number of hydrogen-bond acceptors (Lipinski definition) is 4. The van der Waals surface area contributed by atoms with Gasteiger partial charge in [0.15, 0.2) is 0 Å². The van der Waals surface area contributed by atoms with E-state index in [-0.39, 0.29) is 5.97 Å². The molecule has 17 heavy (non-hydrogen) atoms. The molecule has 0 aliphatic carbocycles. The standard InChI is InChI=1S/C12H11NO4/c1-7(14)17-9-3-4-10-8(5-9)6-11(13-10)12(15)16-2/h3-6,13H,1-2H3. The van der Waals surface area contributed by atoms with Crippen molar-refractivity contribution < 1.29 is 19.1 Å². The van der Waals surface area contributed by atoms with Crippen LogP contribution in [0.1, 0.15) is 17.4 Å². The number of carbonyl (C=O) groups excluding carboxylic acids is 2. The molecule has 88 valence electrons. The first-order chi connectivity index (χ1) is 8.10. The summed E-state index contributed by atoms with van der Waals surface area (Å²) < 4.78 is 9.55. The number of rotatable bonds is 2. The Morgan fingerprint density at radius 3 is 2.65 bits per heavy atom. The van der Waals surface area contributed by atoms with Gasteiger partial charge in [-0.3, -0.25) is 4.79 Å². The van der Waals surface area contributed by atoms with Crippen LogP contribution < -0.4 is 4.74 Å². The van der Waals surface area contributed by atoms with Crippen molar-refractivity contribution in [1.82, 2.24) is 4.98 Å². The molecule has 5 heteroatoms. The number of aromatic nitrogens is 1. The molecule has 5 nitrogen and oxygen atoms in total. The number of nitrogens with one attached hydrogen (secondary N) is 1. The Labute approximate surface area is 97.3 Å². The van der Waals surface area contributed by atoms with Crippen LogP contribution in [0.2, 0.25) is 0 Å². The molecule has 0 saturated carbocycles. The van der Waals surface area contributed by atoms with Crippen LogP contribution in [0.15, 0.2) is 24.3 Å². The molecule has 2 aromatic rings. The topological polar surface area (TPSA) is 68.4 Å². The Balaban J connectivity index is 2.40. The van der Waals surface area contributed by atoms with E-state index in [1.165, 1.54) is 14.0 Å². The van der Waals surface area contributed by atoms with Crippen molar-refractivity contribution in [3.8, 4) is 5.75 Å². The second-order valence-electron chi connectivity index (χ2n) is 3.52. The third-order valence-corrected chi connectivity index (χ3v) is 2.26. The zero-order chi connectivity index (χ0) is 12.4. The maximum Gasteiger partial charge on any atom is 0.354 e. The maximum absolute atomic E-state index is 11.3. The number of aromatic amines is 1. The molecule has 0 aliphatic heterocycles. The highest BCUT2D eigenvalue weighted by Crippen LogP contribution is 2.22. The fourth-order valence-corrected chi connectivity index (χ4v) is 1.56. The summed E-state index contributed by atoms with van der Waals surface area (Å²) in [6.07, 6.45) is 0. The van der Waals surface area contributed by atoms with Crippen molar-refractivity contribution in [2.24, 2.45) is 0 Å². The quantitative estimate of drug-likeness (QED) is 0.635. The van der Waals surface area contributed by atoms with Gasteiger partial charge < -0.3 is 14.5 Å². The molecule has 0 fully saturated rings. The summed E-state index contributed by atoms with van der Waals surface area (Å²) in [5.74, 6) is -0.372. The lowest BCUT2D eigenvalue weighted by molar-refractivity contribution is -0.131. The highest BCUT2D eigenvalue weighted by molar-refractivity contribution is 5.95. The predicted molar refractivity (Wildman–Crippen MR) is 60.9 cm³/mol. The summed E-state index contributed by atoms with van der Waals surface area (Å²) in [6.45, 7) is 1.33. The molecule has 1 N–H and O–H groups in total. The normalized spacial score (nSPS) is 10.2. The molecular weight excluding hydrogens is 222 g/mol. The summed E-state index contributed by atoms with van der Waals surface area (Å²) in [6, 6.07) is 6.72. The number of ether oxygens (including phenoxy) is 2. The minimum Gasteiger partial charge on any atom is -0.464 e. The van der Waals surface area contributed by atoms with E-state index >= 15 is 0 Å². The van der Waals surface area contributed by atoms with Crippen molar-refractivity contribution in [2.75, 3.05) is 7.11 Å². The zero-order valence-electron chi connectivity index (χ0n) is 9.44. The Morgan fingerprint density at radius 1 is 1.24 bits per heavy atom. The molecule has 1 aromatic heterocycles. The molecule has 0 spiro atoms. The van der Waals surface area contributed by atoms with Crippen LogP contribution in [0, 0.1) is 0 Å². The maximum atomic E-state index is 11.3. The van der Waals surface area contributed by atoms with Crippen molar-refractivity contribution in [1.29, 1.82) is 0 Å². The van der Waals surface area contributed by atoms with Gasteiger partial charge in [-0.15, -0.1) is 0 Å². The van der Waals surface area contributed by atoms with Gasteiger partial charge in [-0.2, -0.15) is 0 Å². The lowest BCUT2D eigenvalue weighted by atomic mass is 10.2. The molecular formula is C12H11NO4. The van der Waals surface area contributed by atoms with Crippen LogP contribution in [-0.2, 0) is 9.53 Å². The molecule has 0 atom stereocenters. The van der Waals surface area contributed by atoms with Crippen LogP contribution in [0.25, 0.3) is 10.9 Å². The minimum absolute atomic E-state index is 0.363. The summed E-state index contributed by atoms with van der Waals surface area (Å²) in [4.78, 5) is 25.0. The van der Waals surface area contributed by atoms with Gasteiger partial charge in [-0.25, -0.2) is 4.79 Å². The van der Waals surface area contributed by atoms with Crippen LogP contribution in [0.3, 0.4) is 0 Å². The minimum atomic E-state index is -0.435. The van der Waals surface area contributed by atoms with E-state index in [1.807, 2.05) is 0 Å². The van der Waals surface area contributed by atoms with Crippen LogP contribution in [-0.4, -0.2) is 24.0 Å². The monoisotopic (exact) mass is 233 g/mol. The van der Waals surface area contributed by atoms with E-state index in [0.29, 0.717) is 11.4 Å². The van der Waals surface area contributed by atoms with E-state index in [9.17, 15) is 9.59 Å². The predicted octanol–water partition coefficient (Wildman–Crippen LogP) is 1.88. The lowest BCUT2D eigenvalue weighted by Crippen LogP contribution is -2.00. The first-order valence-electron chi connectivity index (χ1n) is 4.99. The summed E-state index contributed by atoms with van der Waals surface area (Å²) >= 11 is 0. The van der Waals surface area contributed by atoms with Crippen LogP contribution >= 0.6 is 0 Å². The largest absolute Gasteiger partial charge is 0.464 e. The number of hydrogen-bond donors (Lipinski definition) is 1. The van der Waals surface area contributed by atoms with Gasteiger partial charge in [0, 0.05) is 17.8 Å². The number of methoxy groups -OCH3 is 1. The Kier molecular flexibility index (Phi) is 2.82. The molecule has 2 rings (SSSR count). The lowest BCUT2D eigenvalue weighted by Gasteiger charge is -1.99. The van der Waals surface area contributed by atoms with Crippen molar-refractivity contribution in [3.63, 3.8) is 0 Å². The number of carbonyl (C=O) groups is 2. The molecule has 0 unspecified atom stereocenters. The van der Waals surface area contributed by atoms with E-state index < -0.39 is 5.97 Å². The molecule has 1 heterocycles. The summed E-state index contributed by atoms with van der Waals surface area (Å²) in [5.41, 5.74) is 1.14. The van der Waals surface area contributed by atoms with E-state index in [2.05, 4.69) is 9.72 Å². The average Bonchev–Trinajstić information content (AvgIpc) is 2.70. The molecule has 0 aliphatic rings. The van der Waals surface area contributed by atoms with Crippen LogP contribution in [0.4, 0.5) is 0 Å². The summed E-state index contributed by atoms with van der Waals surface area (Å²) in [5, 5.41) is 0.782. The Morgan fingerprint density at radius 2 is 2.00 bits per heavy atom. The van der Waals surface area contributed by atoms with Crippen molar-refractivity contribution in [3.05, 3.63) is 30.0 Å². The smallest absolute Gasteiger partial charge is 0.354 e. The number of H-pyrrole nitrogens is 1. The van der Waals surface area contributed by atoms with Gasteiger partial charge in [0.05, 0.1) is 7.11 Å². The molecule has 0 bridgehead atoms. The molecule has 0 amide bonds. The Bertz CT molecular complexity index is 585. The fraction of sp³-hybridized carbons (Fsp3) is 0.167. The SMILES string of the molecule is COC(=O)c1cc2cc(OC(C)=O)ccc2[nH]1. The van der Waals surface area contributed by atoms with Gasteiger partial charge in [0.1, 0.15) is 11.4 Å². The van der Waals surface area contributed by atoms with Crippen molar-refractivity contribution in [2.45, 2.75) is 6.92 Å². The van der Waals surface area contributed by atoms with Gasteiger partial charge in [0.2, 0.25) is 0 Å².